The zero-order valence-corrected chi connectivity index (χ0v) is 6.92. The maximum atomic E-state index is 8.47. The maximum absolute atomic E-state index is 8.47. The molecule has 0 aliphatic carbocycles. The van der Waals surface area contributed by atoms with Crippen LogP contribution in [0.4, 0.5) is 0 Å². The van der Waals surface area contributed by atoms with Gasteiger partial charge in [-0.2, -0.15) is 4.13 Å². The lowest BCUT2D eigenvalue weighted by Gasteiger charge is -1.80. The molecule has 0 saturated heterocycles. The van der Waals surface area contributed by atoms with Crippen LogP contribution in [-0.4, -0.2) is 5.11 Å². The zero-order valence-electron chi connectivity index (χ0n) is 3.66. The molecule has 6 heteroatoms. The molecule has 1 heterocycles. The smallest absolute Gasteiger partial charge is 0.173 e. The van der Waals surface area contributed by atoms with Gasteiger partial charge in [0, 0.05) is 17.4 Å². The third-order valence-electron chi connectivity index (χ3n) is 0.354. The summed E-state index contributed by atoms with van der Waals surface area (Å²) >= 11 is 2.61. The molecule has 0 amide bonds. The van der Waals surface area contributed by atoms with Gasteiger partial charge < -0.3 is 5.11 Å². The Morgan fingerprint density at radius 2 is 2.12 bits per heavy atom. The molecule has 0 bridgehead atoms. The van der Waals surface area contributed by atoms with Crippen LogP contribution in [0.2, 0.25) is 0 Å². The van der Waals surface area contributed by atoms with Crippen LogP contribution in [0.15, 0.2) is 10.5 Å². The third kappa shape index (κ3) is 3.74. The van der Waals surface area contributed by atoms with Crippen molar-refractivity contribution in [1.82, 2.24) is 4.13 Å². The van der Waals surface area contributed by atoms with Gasteiger partial charge in [0.05, 0.1) is 0 Å². The van der Waals surface area contributed by atoms with Crippen LogP contribution in [0.25, 0.3) is 0 Å². The molecule has 2 N–H and O–H groups in total. The van der Waals surface area contributed by atoms with Gasteiger partial charge >= 0.3 is 0 Å². The minimum absolute atomic E-state index is 0. The van der Waals surface area contributed by atoms with E-state index in [-0.39, 0.29) is 24.8 Å². The van der Waals surface area contributed by atoms with Crippen molar-refractivity contribution in [3.05, 3.63) is 10.5 Å². The van der Waals surface area contributed by atoms with Crippen molar-refractivity contribution in [2.75, 3.05) is 0 Å². The van der Waals surface area contributed by atoms with Crippen LogP contribution in [0.5, 0.6) is 0 Å². The van der Waals surface area contributed by atoms with E-state index in [1.165, 1.54) is 23.9 Å². The average molecular weight is 194 g/mol. The Labute approximate surface area is 68.6 Å². The quantitative estimate of drug-likeness (QED) is 0.578. The minimum atomic E-state index is 0. The van der Waals surface area contributed by atoms with Crippen LogP contribution in [0.3, 0.4) is 0 Å². The molecule has 0 aromatic heterocycles. The number of nitrogens with one attached hydrogen (secondary N) is 1. The summed E-state index contributed by atoms with van der Waals surface area (Å²) in [6, 6.07) is 0. The van der Waals surface area contributed by atoms with E-state index in [1.54, 1.807) is 5.41 Å². The van der Waals surface area contributed by atoms with Gasteiger partial charge in [0.1, 0.15) is 0 Å². The number of aliphatic hydroxyl groups is 1. The summed E-state index contributed by atoms with van der Waals surface area (Å²) in [5.74, 6) is 0. The van der Waals surface area contributed by atoms with Gasteiger partial charge in [0.15, 0.2) is 5.09 Å². The van der Waals surface area contributed by atoms with Gasteiger partial charge in [-0.15, -0.1) is 24.8 Å². The van der Waals surface area contributed by atoms with Gasteiger partial charge in [-0.3, -0.25) is 0 Å². The summed E-state index contributed by atoms with van der Waals surface area (Å²) in [5.41, 5.74) is 0. The number of hydrogen-bond acceptors (Lipinski definition) is 4. The molecular formula is C2H5Cl2NOS2. The van der Waals surface area contributed by atoms with Crippen molar-refractivity contribution >= 4 is 48.7 Å². The van der Waals surface area contributed by atoms with Crippen LogP contribution < -0.4 is 4.13 Å². The predicted octanol–water partition coefficient (Wildman–Crippen LogP) is 2.09. The molecule has 8 heavy (non-hydrogen) atoms. The van der Waals surface area contributed by atoms with E-state index in [4.69, 9.17) is 5.11 Å². The fourth-order valence-electron chi connectivity index (χ4n) is 0.165. The van der Waals surface area contributed by atoms with E-state index in [1.807, 2.05) is 0 Å². The second-order valence-electron chi connectivity index (χ2n) is 0.759. The van der Waals surface area contributed by atoms with Crippen molar-refractivity contribution in [3.8, 4) is 0 Å². The number of hydrogen-bond donors (Lipinski definition) is 2. The Balaban J connectivity index is 0. The summed E-state index contributed by atoms with van der Waals surface area (Å²) in [4.78, 5) is 0. The van der Waals surface area contributed by atoms with Gasteiger partial charge in [0.25, 0.3) is 0 Å². The minimum Gasteiger partial charge on any atom is -0.501 e. The molecule has 1 aliphatic rings. The summed E-state index contributed by atoms with van der Waals surface area (Å²) < 4.78 is 2.76. The average Bonchev–Trinajstić information content (AvgIpc) is 1.86. The largest absolute Gasteiger partial charge is 0.501 e. The lowest BCUT2D eigenvalue weighted by atomic mass is 11.1. The summed E-state index contributed by atoms with van der Waals surface area (Å²) in [7, 11) is 0. The molecule has 2 nitrogen and oxygen atoms in total. The Bertz CT molecular complexity index is 88.1. The fourth-order valence-corrected chi connectivity index (χ4v) is 1.33. The highest BCUT2D eigenvalue weighted by molar-refractivity contribution is 8.18. The highest BCUT2D eigenvalue weighted by atomic mass is 35.5. The van der Waals surface area contributed by atoms with E-state index in [0.717, 1.165) is 0 Å². The first-order valence-corrected chi connectivity index (χ1v) is 3.06. The molecule has 50 valence electrons. The Hall–Kier alpha value is 0.780. The first kappa shape index (κ1) is 11.6. The molecule has 0 aromatic carbocycles. The van der Waals surface area contributed by atoms with Gasteiger partial charge in [0.2, 0.25) is 0 Å². The molecule has 0 spiro atoms. The fraction of sp³-hybridized carbons (Fsp3) is 0. The van der Waals surface area contributed by atoms with Crippen molar-refractivity contribution in [3.63, 3.8) is 0 Å². The van der Waals surface area contributed by atoms with E-state index in [9.17, 15) is 0 Å². The number of halogens is 2. The highest BCUT2D eigenvalue weighted by Crippen LogP contribution is 2.22. The summed E-state index contributed by atoms with van der Waals surface area (Å²) in [6.07, 6.45) is 0. The standard InChI is InChI=1S/C2H3NOS2.2ClH/c4-2-1-5-3-6-2;;/h1,3-4H;2*1H. The van der Waals surface area contributed by atoms with E-state index >= 15 is 0 Å². The predicted molar refractivity (Wildman–Crippen MR) is 43.5 cm³/mol. The van der Waals surface area contributed by atoms with Gasteiger partial charge in [-0.25, -0.2) is 0 Å². The van der Waals surface area contributed by atoms with Crippen LogP contribution >= 0.6 is 48.7 Å². The van der Waals surface area contributed by atoms with Crippen LogP contribution in [0.1, 0.15) is 0 Å². The summed E-state index contributed by atoms with van der Waals surface area (Å²) in [5, 5.41) is 10.5. The number of rotatable bonds is 0. The molecule has 0 fully saturated rings. The topological polar surface area (TPSA) is 32.3 Å². The van der Waals surface area contributed by atoms with Crippen molar-refractivity contribution in [1.29, 1.82) is 0 Å². The van der Waals surface area contributed by atoms with Crippen molar-refractivity contribution in [2.24, 2.45) is 0 Å². The van der Waals surface area contributed by atoms with Crippen molar-refractivity contribution < 1.29 is 5.11 Å². The summed E-state index contributed by atoms with van der Waals surface area (Å²) in [6.45, 7) is 0. The van der Waals surface area contributed by atoms with Crippen molar-refractivity contribution in [2.45, 2.75) is 0 Å². The molecule has 1 aliphatic heterocycles. The second kappa shape index (κ2) is 5.91. The Morgan fingerprint density at radius 1 is 1.50 bits per heavy atom. The Kier molecular flexibility index (Phi) is 8.54. The first-order valence-electron chi connectivity index (χ1n) is 1.36. The van der Waals surface area contributed by atoms with Gasteiger partial charge in [-0.05, 0) is 11.9 Å². The monoisotopic (exact) mass is 193 g/mol. The molecule has 0 saturated carbocycles. The molecular weight excluding hydrogens is 189 g/mol. The van der Waals surface area contributed by atoms with E-state index in [2.05, 4.69) is 4.13 Å². The van der Waals surface area contributed by atoms with E-state index < -0.39 is 0 Å². The normalized spacial score (nSPS) is 15.8. The van der Waals surface area contributed by atoms with Gasteiger partial charge in [-0.1, -0.05) is 0 Å². The Morgan fingerprint density at radius 3 is 2.25 bits per heavy atom. The molecule has 0 atom stereocenters. The molecule has 0 aromatic rings. The SMILES string of the molecule is Cl.Cl.OC1=CSNS1. The first-order chi connectivity index (χ1) is 2.89. The maximum Gasteiger partial charge on any atom is 0.173 e. The second-order valence-corrected chi connectivity index (χ2v) is 2.52. The van der Waals surface area contributed by atoms with Crippen LogP contribution in [0, 0.1) is 0 Å². The third-order valence-corrected chi connectivity index (χ3v) is 1.89. The molecule has 0 radical (unpaired) electrons. The highest BCUT2D eigenvalue weighted by Gasteiger charge is 1.98. The molecule has 1 rings (SSSR count). The zero-order chi connectivity index (χ0) is 4.41. The number of aliphatic hydroxyl groups excluding tert-OH is 1. The lowest BCUT2D eigenvalue weighted by Crippen LogP contribution is -1.76. The molecule has 0 unspecified atom stereocenters. The van der Waals surface area contributed by atoms with E-state index in [0.29, 0.717) is 5.09 Å². The van der Waals surface area contributed by atoms with Crippen LogP contribution in [-0.2, 0) is 0 Å². The lowest BCUT2D eigenvalue weighted by molar-refractivity contribution is 0.458.